The van der Waals surface area contributed by atoms with E-state index in [9.17, 15) is 4.79 Å². The Bertz CT molecular complexity index is 603. The monoisotopic (exact) mass is 292 g/mol. The summed E-state index contributed by atoms with van der Waals surface area (Å²) < 4.78 is 1.07. The minimum absolute atomic E-state index is 0.0180. The summed E-state index contributed by atoms with van der Waals surface area (Å²) in [6.45, 7) is 0. The van der Waals surface area contributed by atoms with Gasteiger partial charge in [0.15, 0.2) is 0 Å². The normalized spacial score (nSPS) is 16.6. The van der Waals surface area contributed by atoms with Crippen LogP contribution in [0.4, 0.5) is 5.69 Å². The molecular weight excluding hydrogens is 276 g/mol. The van der Waals surface area contributed by atoms with Crippen LogP contribution in [0.3, 0.4) is 0 Å². The standard InChI is InChI=1S/C14H16N2OS2/c15-12-10-3-1-2-4-11(10)19-13(12)14(17)16-9-5-7-18-8-6-9/h1-4,9H,5-8,15H2,(H,16,17). The molecule has 1 aliphatic heterocycles. The van der Waals surface area contributed by atoms with Crippen LogP contribution in [0.5, 0.6) is 0 Å². The van der Waals surface area contributed by atoms with Gasteiger partial charge in [-0.25, -0.2) is 0 Å². The maximum absolute atomic E-state index is 12.3. The predicted octanol–water partition coefficient (Wildman–Crippen LogP) is 3.11. The van der Waals surface area contributed by atoms with E-state index in [0.29, 0.717) is 16.6 Å². The summed E-state index contributed by atoms with van der Waals surface area (Å²) in [5.74, 6) is 2.25. The van der Waals surface area contributed by atoms with Crippen molar-refractivity contribution in [2.45, 2.75) is 18.9 Å². The van der Waals surface area contributed by atoms with Crippen LogP contribution < -0.4 is 11.1 Å². The van der Waals surface area contributed by atoms with Crippen molar-refractivity contribution in [3.8, 4) is 0 Å². The average Bonchev–Trinajstić information content (AvgIpc) is 2.78. The van der Waals surface area contributed by atoms with Crippen LogP contribution in [0.1, 0.15) is 22.5 Å². The van der Waals surface area contributed by atoms with Crippen molar-refractivity contribution in [1.82, 2.24) is 5.32 Å². The van der Waals surface area contributed by atoms with E-state index in [0.717, 1.165) is 34.4 Å². The summed E-state index contributed by atoms with van der Waals surface area (Å²) in [5, 5.41) is 4.10. The third kappa shape index (κ3) is 2.58. The number of thioether (sulfide) groups is 1. The second-order valence-electron chi connectivity index (χ2n) is 4.70. The summed E-state index contributed by atoms with van der Waals surface area (Å²) in [4.78, 5) is 13.0. The Hall–Kier alpha value is -1.20. The Morgan fingerprint density at radius 3 is 2.74 bits per heavy atom. The largest absolute Gasteiger partial charge is 0.397 e. The van der Waals surface area contributed by atoms with Gasteiger partial charge in [-0.1, -0.05) is 18.2 Å². The molecule has 1 fully saturated rings. The lowest BCUT2D eigenvalue weighted by Crippen LogP contribution is -2.37. The number of rotatable bonds is 2. The number of hydrogen-bond donors (Lipinski definition) is 2. The second kappa shape index (κ2) is 5.43. The lowest BCUT2D eigenvalue weighted by Gasteiger charge is -2.22. The number of thiophene rings is 1. The molecule has 0 spiro atoms. The number of fused-ring (bicyclic) bond motifs is 1. The zero-order chi connectivity index (χ0) is 13.2. The molecule has 100 valence electrons. The molecule has 5 heteroatoms. The van der Waals surface area contributed by atoms with Gasteiger partial charge in [0.2, 0.25) is 0 Å². The highest BCUT2D eigenvalue weighted by Gasteiger charge is 2.20. The molecule has 0 unspecified atom stereocenters. The number of nitrogen functional groups attached to an aromatic ring is 1. The van der Waals surface area contributed by atoms with E-state index in [2.05, 4.69) is 5.32 Å². The van der Waals surface area contributed by atoms with Gasteiger partial charge in [0.1, 0.15) is 4.88 Å². The van der Waals surface area contributed by atoms with E-state index < -0.39 is 0 Å². The van der Waals surface area contributed by atoms with Gasteiger partial charge >= 0.3 is 0 Å². The van der Waals surface area contributed by atoms with Gasteiger partial charge in [-0.15, -0.1) is 11.3 Å². The fourth-order valence-electron chi connectivity index (χ4n) is 2.33. The molecule has 19 heavy (non-hydrogen) atoms. The molecule has 3 rings (SSSR count). The van der Waals surface area contributed by atoms with E-state index in [-0.39, 0.29) is 5.91 Å². The van der Waals surface area contributed by atoms with Gasteiger partial charge in [-0.05, 0) is 30.4 Å². The van der Waals surface area contributed by atoms with E-state index in [1.54, 1.807) is 0 Å². The molecular formula is C14H16N2OS2. The first-order valence-corrected chi connectivity index (χ1v) is 8.38. The van der Waals surface area contributed by atoms with Crippen LogP contribution in [0.25, 0.3) is 10.1 Å². The Labute approximate surface area is 120 Å². The van der Waals surface area contributed by atoms with Crippen LogP contribution in [-0.2, 0) is 0 Å². The van der Waals surface area contributed by atoms with Crippen molar-refractivity contribution in [2.75, 3.05) is 17.2 Å². The molecule has 1 saturated heterocycles. The number of nitrogens with two attached hydrogens (primary N) is 1. The molecule has 2 heterocycles. The smallest absolute Gasteiger partial charge is 0.263 e. The van der Waals surface area contributed by atoms with Crippen LogP contribution in [0.2, 0.25) is 0 Å². The molecule has 0 radical (unpaired) electrons. The van der Waals surface area contributed by atoms with Gasteiger partial charge in [0.25, 0.3) is 5.91 Å². The highest BCUT2D eigenvalue weighted by molar-refractivity contribution is 7.99. The lowest BCUT2D eigenvalue weighted by atomic mass is 10.1. The number of anilines is 1. The summed E-state index contributed by atoms with van der Waals surface area (Å²) in [6.07, 6.45) is 2.11. The minimum atomic E-state index is -0.0180. The molecule has 1 aromatic heterocycles. The van der Waals surface area contributed by atoms with Crippen LogP contribution in [0, 0.1) is 0 Å². The Morgan fingerprint density at radius 1 is 1.26 bits per heavy atom. The van der Waals surface area contributed by atoms with Crippen molar-refractivity contribution < 1.29 is 4.79 Å². The quantitative estimate of drug-likeness (QED) is 0.894. The van der Waals surface area contributed by atoms with E-state index in [1.807, 2.05) is 36.0 Å². The van der Waals surface area contributed by atoms with Crippen molar-refractivity contribution in [3.05, 3.63) is 29.1 Å². The molecule has 0 saturated carbocycles. The molecule has 0 atom stereocenters. The third-order valence-electron chi connectivity index (χ3n) is 3.40. The van der Waals surface area contributed by atoms with Crippen molar-refractivity contribution in [1.29, 1.82) is 0 Å². The first-order chi connectivity index (χ1) is 9.25. The summed E-state index contributed by atoms with van der Waals surface area (Å²) >= 11 is 3.43. The number of carbonyl (C=O) groups is 1. The molecule has 1 amide bonds. The summed E-state index contributed by atoms with van der Waals surface area (Å²) in [6, 6.07) is 8.20. The molecule has 2 aromatic rings. The van der Waals surface area contributed by atoms with Gasteiger partial charge in [0, 0.05) is 16.1 Å². The van der Waals surface area contributed by atoms with E-state index in [4.69, 9.17) is 5.73 Å². The molecule has 1 aromatic carbocycles. The number of nitrogens with one attached hydrogen (secondary N) is 1. The average molecular weight is 292 g/mol. The van der Waals surface area contributed by atoms with Crippen molar-refractivity contribution in [3.63, 3.8) is 0 Å². The Balaban J connectivity index is 1.83. The number of amides is 1. The zero-order valence-corrected chi connectivity index (χ0v) is 12.2. The first-order valence-electron chi connectivity index (χ1n) is 6.41. The second-order valence-corrected chi connectivity index (χ2v) is 6.98. The first kappa shape index (κ1) is 12.8. The third-order valence-corrected chi connectivity index (χ3v) is 5.63. The van der Waals surface area contributed by atoms with Crippen molar-refractivity contribution >= 4 is 44.8 Å². The molecule has 3 N–H and O–H groups in total. The van der Waals surface area contributed by atoms with Gasteiger partial charge in [0.05, 0.1) is 5.69 Å². The molecule has 0 aliphatic carbocycles. The Kier molecular flexibility index (Phi) is 3.66. The van der Waals surface area contributed by atoms with Gasteiger partial charge < -0.3 is 11.1 Å². The van der Waals surface area contributed by atoms with E-state index in [1.165, 1.54) is 11.3 Å². The van der Waals surface area contributed by atoms with Crippen LogP contribution in [0.15, 0.2) is 24.3 Å². The SMILES string of the molecule is Nc1c(C(=O)NC2CCSCC2)sc2ccccc12. The summed E-state index contributed by atoms with van der Waals surface area (Å²) in [5.41, 5.74) is 6.70. The van der Waals surface area contributed by atoms with Gasteiger partial charge in [-0.2, -0.15) is 11.8 Å². The molecule has 3 nitrogen and oxygen atoms in total. The molecule has 1 aliphatic rings. The predicted molar refractivity (Wildman–Crippen MR) is 84.1 cm³/mol. The van der Waals surface area contributed by atoms with Crippen LogP contribution >= 0.6 is 23.1 Å². The summed E-state index contributed by atoms with van der Waals surface area (Å²) in [7, 11) is 0. The maximum atomic E-state index is 12.3. The van der Waals surface area contributed by atoms with Crippen LogP contribution in [-0.4, -0.2) is 23.5 Å². The number of carbonyl (C=O) groups excluding carboxylic acids is 1. The minimum Gasteiger partial charge on any atom is -0.397 e. The topological polar surface area (TPSA) is 55.1 Å². The number of benzene rings is 1. The Morgan fingerprint density at radius 2 is 2.00 bits per heavy atom. The van der Waals surface area contributed by atoms with Gasteiger partial charge in [-0.3, -0.25) is 4.79 Å². The lowest BCUT2D eigenvalue weighted by molar-refractivity contribution is 0.0940. The fourth-order valence-corrected chi connectivity index (χ4v) is 4.46. The zero-order valence-electron chi connectivity index (χ0n) is 10.5. The highest BCUT2D eigenvalue weighted by atomic mass is 32.2. The molecule has 0 bridgehead atoms. The highest BCUT2D eigenvalue weighted by Crippen LogP contribution is 2.33. The maximum Gasteiger partial charge on any atom is 0.263 e. The number of hydrogen-bond acceptors (Lipinski definition) is 4. The van der Waals surface area contributed by atoms with Crippen molar-refractivity contribution in [2.24, 2.45) is 0 Å². The fraction of sp³-hybridized carbons (Fsp3) is 0.357. The van der Waals surface area contributed by atoms with E-state index >= 15 is 0 Å².